The molecule has 0 aromatic carbocycles. The molecule has 2 aromatic heterocycles. The molecular formula is C16H16N2O3. The fourth-order valence-electron chi connectivity index (χ4n) is 1.98. The molecule has 0 aliphatic rings. The third-order valence-corrected chi connectivity index (χ3v) is 2.88. The van der Waals surface area contributed by atoms with E-state index >= 15 is 0 Å². The van der Waals surface area contributed by atoms with Crippen LogP contribution in [0.25, 0.3) is 0 Å². The van der Waals surface area contributed by atoms with Gasteiger partial charge in [0.25, 0.3) is 0 Å². The Bertz CT molecular complexity index is 626. The van der Waals surface area contributed by atoms with Crippen molar-refractivity contribution in [2.24, 2.45) is 0 Å². The zero-order valence-electron chi connectivity index (χ0n) is 11.8. The topological polar surface area (TPSA) is 69.2 Å². The second-order valence-electron chi connectivity index (χ2n) is 4.45. The first-order valence-corrected chi connectivity index (χ1v) is 6.72. The van der Waals surface area contributed by atoms with E-state index in [9.17, 15) is 9.59 Å². The summed E-state index contributed by atoms with van der Waals surface area (Å²) in [7, 11) is 0. The summed E-state index contributed by atoms with van der Waals surface area (Å²) in [6.07, 6.45) is 5.24. The molecule has 0 radical (unpaired) electrons. The number of hydrogen-bond donors (Lipinski definition) is 0. The van der Waals surface area contributed by atoms with Gasteiger partial charge in [-0.25, -0.2) is 0 Å². The summed E-state index contributed by atoms with van der Waals surface area (Å²) in [5.74, 6) is -0.853. The van der Waals surface area contributed by atoms with Crippen molar-refractivity contribution in [1.29, 1.82) is 0 Å². The van der Waals surface area contributed by atoms with Crippen molar-refractivity contribution < 1.29 is 14.3 Å². The van der Waals surface area contributed by atoms with Gasteiger partial charge in [0.15, 0.2) is 5.78 Å². The number of hydrogen-bond acceptors (Lipinski definition) is 5. The third kappa shape index (κ3) is 4.21. The van der Waals surface area contributed by atoms with Gasteiger partial charge in [-0.2, -0.15) is 0 Å². The summed E-state index contributed by atoms with van der Waals surface area (Å²) in [5.41, 5.74) is 2.07. The Hall–Kier alpha value is -2.56. The maximum absolute atomic E-state index is 12.2. The number of aromatic nitrogens is 2. The van der Waals surface area contributed by atoms with Gasteiger partial charge < -0.3 is 4.74 Å². The average Bonchev–Trinajstić information content (AvgIpc) is 2.49. The van der Waals surface area contributed by atoms with Gasteiger partial charge in [-0.15, -0.1) is 0 Å². The van der Waals surface area contributed by atoms with Gasteiger partial charge in [-0.3, -0.25) is 19.6 Å². The molecule has 2 rings (SSSR count). The maximum atomic E-state index is 12.2. The van der Waals surface area contributed by atoms with E-state index < -0.39 is 5.97 Å². The molecule has 21 heavy (non-hydrogen) atoms. The van der Waals surface area contributed by atoms with Gasteiger partial charge in [0.1, 0.15) is 12.1 Å². The molecule has 0 aliphatic carbocycles. The summed E-state index contributed by atoms with van der Waals surface area (Å²) in [5, 5.41) is 0. The molecule has 0 saturated heterocycles. The van der Waals surface area contributed by atoms with Crippen LogP contribution < -0.4 is 0 Å². The molecule has 2 heterocycles. The first-order valence-electron chi connectivity index (χ1n) is 6.72. The van der Waals surface area contributed by atoms with E-state index in [-0.39, 0.29) is 18.8 Å². The van der Waals surface area contributed by atoms with Crippen molar-refractivity contribution in [1.82, 2.24) is 9.97 Å². The zero-order chi connectivity index (χ0) is 15.1. The van der Waals surface area contributed by atoms with Gasteiger partial charge in [0.05, 0.1) is 6.61 Å². The van der Waals surface area contributed by atoms with E-state index in [1.807, 2.05) is 18.2 Å². The highest BCUT2D eigenvalue weighted by Crippen LogP contribution is 2.13. The number of ether oxygens (including phenoxy) is 1. The predicted molar refractivity (Wildman–Crippen MR) is 76.9 cm³/mol. The molecule has 0 unspecified atom stereocenters. The van der Waals surface area contributed by atoms with Crippen LogP contribution in [0.2, 0.25) is 0 Å². The van der Waals surface area contributed by atoms with Gasteiger partial charge >= 0.3 is 5.97 Å². The molecular weight excluding hydrogens is 268 g/mol. The van der Waals surface area contributed by atoms with Crippen molar-refractivity contribution in [2.45, 2.75) is 19.8 Å². The minimum atomic E-state index is -0.527. The lowest BCUT2D eigenvalue weighted by Crippen LogP contribution is -2.14. The van der Waals surface area contributed by atoms with Gasteiger partial charge in [-0.1, -0.05) is 12.1 Å². The Labute approximate surface area is 123 Å². The SMILES string of the molecule is CCOC(=O)CC(=O)c1ncccc1Cc1cccnc1. The van der Waals surface area contributed by atoms with Crippen LogP contribution in [0.1, 0.15) is 35.0 Å². The van der Waals surface area contributed by atoms with Crippen molar-refractivity contribution in [3.63, 3.8) is 0 Å². The first kappa shape index (κ1) is 14.8. The van der Waals surface area contributed by atoms with E-state index in [2.05, 4.69) is 9.97 Å². The summed E-state index contributed by atoms with van der Waals surface area (Å²) < 4.78 is 4.79. The lowest BCUT2D eigenvalue weighted by Gasteiger charge is -2.07. The molecule has 0 N–H and O–H groups in total. The minimum Gasteiger partial charge on any atom is -0.466 e. The van der Waals surface area contributed by atoms with Crippen LogP contribution in [0.5, 0.6) is 0 Å². The number of rotatable bonds is 6. The highest BCUT2D eigenvalue weighted by atomic mass is 16.5. The second-order valence-corrected chi connectivity index (χ2v) is 4.45. The van der Waals surface area contributed by atoms with Crippen LogP contribution in [0, 0.1) is 0 Å². The van der Waals surface area contributed by atoms with Crippen molar-refractivity contribution in [2.75, 3.05) is 6.61 Å². The molecule has 0 aliphatic heterocycles. The lowest BCUT2D eigenvalue weighted by molar-refractivity contribution is -0.141. The molecule has 0 saturated carbocycles. The quantitative estimate of drug-likeness (QED) is 0.462. The Kier molecular flexibility index (Phi) is 5.15. The van der Waals surface area contributed by atoms with Gasteiger partial charge in [0, 0.05) is 25.0 Å². The molecule has 0 fully saturated rings. The van der Waals surface area contributed by atoms with Crippen molar-refractivity contribution >= 4 is 11.8 Å². The van der Waals surface area contributed by atoms with Crippen LogP contribution in [-0.2, 0) is 16.0 Å². The predicted octanol–water partition coefficient (Wildman–Crippen LogP) is 2.20. The summed E-state index contributed by atoms with van der Waals surface area (Å²) in [6.45, 7) is 1.97. The molecule has 0 spiro atoms. The van der Waals surface area contributed by atoms with E-state index in [4.69, 9.17) is 4.74 Å². The normalized spacial score (nSPS) is 10.1. The number of Topliss-reactive ketones (excluding diaryl/α,β-unsaturated/α-hetero) is 1. The second kappa shape index (κ2) is 7.28. The van der Waals surface area contributed by atoms with Crippen LogP contribution >= 0.6 is 0 Å². The van der Waals surface area contributed by atoms with E-state index in [0.29, 0.717) is 12.1 Å². The molecule has 0 amide bonds. The number of esters is 1. The Morgan fingerprint density at radius 1 is 1.19 bits per heavy atom. The fourth-order valence-corrected chi connectivity index (χ4v) is 1.98. The Balaban J connectivity index is 2.17. The molecule has 5 heteroatoms. The van der Waals surface area contributed by atoms with E-state index in [1.165, 1.54) is 0 Å². The van der Waals surface area contributed by atoms with Crippen molar-refractivity contribution in [3.8, 4) is 0 Å². The fraction of sp³-hybridized carbons (Fsp3) is 0.250. The molecule has 2 aromatic rings. The van der Waals surface area contributed by atoms with Gasteiger partial charge in [-0.05, 0) is 30.2 Å². The largest absolute Gasteiger partial charge is 0.466 e. The molecule has 0 atom stereocenters. The smallest absolute Gasteiger partial charge is 0.313 e. The maximum Gasteiger partial charge on any atom is 0.313 e. The number of carbonyl (C=O) groups is 2. The standard InChI is InChI=1S/C16H16N2O3/c1-2-21-15(20)10-14(19)16-13(6-4-8-18-16)9-12-5-3-7-17-11-12/h3-8,11H,2,9-10H2,1H3. The Morgan fingerprint density at radius 2 is 2.00 bits per heavy atom. The zero-order valence-corrected chi connectivity index (χ0v) is 11.8. The molecule has 0 bridgehead atoms. The monoisotopic (exact) mass is 284 g/mol. The van der Waals surface area contributed by atoms with Crippen LogP contribution in [0.15, 0.2) is 42.9 Å². The number of ketones is 1. The molecule has 5 nitrogen and oxygen atoms in total. The summed E-state index contributed by atoms with van der Waals surface area (Å²) in [4.78, 5) is 31.7. The summed E-state index contributed by atoms with van der Waals surface area (Å²) >= 11 is 0. The highest BCUT2D eigenvalue weighted by molar-refractivity contribution is 6.05. The number of nitrogens with zero attached hydrogens (tertiary/aromatic N) is 2. The van der Waals surface area contributed by atoms with Crippen LogP contribution in [-0.4, -0.2) is 28.3 Å². The van der Waals surface area contributed by atoms with Gasteiger partial charge in [0.2, 0.25) is 0 Å². The molecule has 108 valence electrons. The minimum absolute atomic E-state index is 0.261. The van der Waals surface area contributed by atoms with Crippen LogP contribution in [0.3, 0.4) is 0 Å². The lowest BCUT2D eigenvalue weighted by atomic mass is 10.0. The average molecular weight is 284 g/mol. The van der Waals surface area contributed by atoms with E-state index in [1.54, 1.807) is 31.6 Å². The first-order chi connectivity index (χ1) is 10.2. The third-order valence-electron chi connectivity index (χ3n) is 2.88. The number of pyridine rings is 2. The number of carbonyl (C=O) groups excluding carboxylic acids is 2. The van der Waals surface area contributed by atoms with Crippen molar-refractivity contribution in [3.05, 3.63) is 59.7 Å². The summed E-state index contributed by atoms with van der Waals surface area (Å²) in [6, 6.07) is 7.37. The van der Waals surface area contributed by atoms with E-state index in [0.717, 1.165) is 11.1 Å². The Morgan fingerprint density at radius 3 is 2.71 bits per heavy atom. The van der Waals surface area contributed by atoms with Crippen LogP contribution in [0.4, 0.5) is 0 Å². The highest BCUT2D eigenvalue weighted by Gasteiger charge is 2.17.